The second-order valence-corrected chi connectivity index (χ2v) is 7.64. The number of halogens is 1. The van der Waals surface area contributed by atoms with E-state index in [4.69, 9.17) is 15.2 Å². The fourth-order valence-electron chi connectivity index (χ4n) is 3.52. The summed E-state index contributed by atoms with van der Waals surface area (Å²) >= 11 is 3.75. The molecule has 3 nitrogen and oxygen atoms in total. The van der Waals surface area contributed by atoms with Crippen molar-refractivity contribution in [3.8, 4) is 11.5 Å². The molecule has 2 N–H and O–H groups in total. The third-order valence-corrected chi connectivity index (χ3v) is 5.85. The lowest BCUT2D eigenvalue weighted by molar-refractivity contribution is 0.275. The van der Waals surface area contributed by atoms with Crippen molar-refractivity contribution in [3.63, 3.8) is 0 Å². The third kappa shape index (κ3) is 3.28. The van der Waals surface area contributed by atoms with Gasteiger partial charge in [0.05, 0.1) is 13.7 Å². The summed E-state index contributed by atoms with van der Waals surface area (Å²) in [5, 5.41) is 0. The molecule has 2 fully saturated rings. The van der Waals surface area contributed by atoms with E-state index in [1.165, 1.54) is 37.7 Å². The number of methoxy groups -OCH3 is 1. The number of ether oxygens (including phenoxy) is 2. The molecule has 3 rings (SSSR count). The third-order valence-electron chi connectivity index (χ3n) is 5.20. The first kappa shape index (κ1) is 16.1. The molecule has 0 saturated heterocycles. The van der Waals surface area contributed by atoms with Gasteiger partial charge in [0.2, 0.25) is 0 Å². The van der Waals surface area contributed by atoms with Gasteiger partial charge in [-0.25, -0.2) is 0 Å². The van der Waals surface area contributed by atoms with Gasteiger partial charge in [-0.3, -0.25) is 0 Å². The molecule has 2 aliphatic carbocycles. The SMILES string of the molecule is COc1cc(C2(CN)CCCCC2)c(Br)cc1OCC1CC1. The highest BCUT2D eigenvalue weighted by molar-refractivity contribution is 9.10. The van der Waals surface area contributed by atoms with Gasteiger partial charge in [0.1, 0.15) is 0 Å². The van der Waals surface area contributed by atoms with Crippen molar-refractivity contribution in [2.45, 2.75) is 50.4 Å². The van der Waals surface area contributed by atoms with Gasteiger partial charge in [-0.15, -0.1) is 0 Å². The highest BCUT2D eigenvalue weighted by Gasteiger charge is 2.35. The van der Waals surface area contributed by atoms with E-state index in [2.05, 4.69) is 28.1 Å². The Hall–Kier alpha value is -0.740. The molecule has 22 heavy (non-hydrogen) atoms. The molecule has 2 aliphatic rings. The van der Waals surface area contributed by atoms with Crippen LogP contribution in [0.25, 0.3) is 0 Å². The predicted molar refractivity (Wildman–Crippen MR) is 92.7 cm³/mol. The first-order valence-electron chi connectivity index (χ1n) is 8.39. The molecular formula is C18H26BrNO2. The Bertz CT molecular complexity index is 522. The summed E-state index contributed by atoms with van der Waals surface area (Å²) in [6, 6.07) is 4.22. The first-order valence-corrected chi connectivity index (χ1v) is 9.19. The van der Waals surface area contributed by atoms with Crippen molar-refractivity contribution in [2.24, 2.45) is 11.7 Å². The maximum absolute atomic E-state index is 6.18. The van der Waals surface area contributed by atoms with Crippen LogP contribution in [-0.4, -0.2) is 20.3 Å². The number of hydrogen-bond donors (Lipinski definition) is 1. The van der Waals surface area contributed by atoms with Crippen molar-refractivity contribution >= 4 is 15.9 Å². The molecule has 1 aromatic rings. The van der Waals surface area contributed by atoms with Crippen LogP contribution < -0.4 is 15.2 Å². The van der Waals surface area contributed by atoms with Crippen molar-refractivity contribution in [3.05, 3.63) is 22.2 Å². The zero-order valence-electron chi connectivity index (χ0n) is 13.4. The molecule has 0 aliphatic heterocycles. The molecule has 0 bridgehead atoms. The first-order chi connectivity index (χ1) is 10.7. The second kappa shape index (κ2) is 6.79. The lowest BCUT2D eigenvalue weighted by Gasteiger charge is -2.37. The average Bonchev–Trinajstić information content (AvgIpc) is 3.38. The Balaban J connectivity index is 1.89. The predicted octanol–water partition coefficient (Wildman–Crippen LogP) is 4.41. The van der Waals surface area contributed by atoms with Gasteiger partial charge in [0.15, 0.2) is 11.5 Å². The highest BCUT2D eigenvalue weighted by Crippen LogP contribution is 2.45. The van der Waals surface area contributed by atoms with Crippen LogP contribution in [0.4, 0.5) is 0 Å². The van der Waals surface area contributed by atoms with Crippen molar-refractivity contribution in [2.75, 3.05) is 20.3 Å². The van der Waals surface area contributed by atoms with E-state index in [-0.39, 0.29) is 5.41 Å². The average molecular weight is 368 g/mol. The Morgan fingerprint density at radius 2 is 1.91 bits per heavy atom. The summed E-state index contributed by atoms with van der Waals surface area (Å²) in [6.07, 6.45) is 8.73. The van der Waals surface area contributed by atoms with Crippen LogP contribution in [0, 0.1) is 5.92 Å². The summed E-state index contributed by atoms with van der Waals surface area (Å²) in [4.78, 5) is 0. The highest BCUT2D eigenvalue weighted by atomic mass is 79.9. The summed E-state index contributed by atoms with van der Waals surface area (Å²) < 4.78 is 12.6. The van der Waals surface area contributed by atoms with E-state index in [1.807, 2.05) is 0 Å². The topological polar surface area (TPSA) is 44.5 Å². The van der Waals surface area contributed by atoms with Crippen LogP contribution in [0.2, 0.25) is 0 Å². The number of rotatable bonds is 6. The van der Waals surface area contributed by atoms with Crippen LogP contribution in [0.1, 0.15) is 50.5 Å². The van der Waals surface area contributed by atoms with Crippen LogP contribution in [0.15, 0.2) is 16.6 Å². The normalized spacial score (nSPS) is 20.7. The molecular weight excluding hydrogens is 342 g/mol. The van der Waals surface area contributed by atoms with Gasteiger partial charge in [0.25, 0.3) is 0 Å². The number of nitrogens with two attached hydrogens (primary N) is 1. The molecule has 0 spiro atoms. The Kier molecular flexibility index (Phi) is 4.98. The molecule has 0 amide bonds. The van der Waals surface area contributed by atoms with Crippen molar-refractivity contribution < 1.29 is 9.47 Å². The lowest BCUT2D eigenvalue weighted by atomic mass is 9.69. The molecule has 0 heterocycles. The Morgan fingerprint density at radius 1 is 1.18 bits per heavy atom. The number of hydrogen-bond acceptors (Lipinski definition) is 3. The van der Waals surface area contributed by atoms with E-state index < -0.39 is 0 Å². The van der Waals surface area contributed by atoms with Gasteiger partial charge in [-0.1, -0.05) is 35.2 Å². The van der Waals surface area contributed by atoms with Gasteiger partial charge in [-0.05, 0) is 49.3 Å². The minimum Gasteiger partial charge on any atom is -0.493 e. The number of benzene rings is 1. The zero-order valence-corrected chi connectivity index (χ0v) is 15.0. The maximum Gasteiger partial charge on any atom is 0.162 e. The van der Waals surface area contributed by atoms with E-state index in [0.29, 0.717) is 6.54 Å². The van der Waals surface area contributed by atoms with Crippen LogP contribution in [0.5, 0.6) is 11.5 Å². The summed E-state index contributed by atoms with van der Waals surface area (Å²) in [5.41, 5.74) is 7.55. The quantitative estimate of drug-likeness (QED) is 0.809. The van der Waals surface area contributed by atoms with E-state index >= 15 is 0 Å². The van der Waals surface area contributed by atoms with E-state index in [1.54, 1.807) is 7.11 Å². The van der Waals surface area contributed by atoms with E-state index in [9.17, 15) is 0 Å². The maximum atomic E-state index is 6.18. The van der Waals surface area contributed by atoms with Crippen LogP contribution in [0.3, 0.4) is 0 Å². The van der Waals surface area contributed by atoms with Crippen LogP contribution >= 0.6 is 15.9 Å². The standard InChI is InChI=1S/C18H26BrNO2/c1-21-16-9-14(18(12-20)7-3-2-4-8-18)15(19)10-17(16)22-11-13-5-6-13/h9-10,13H,2-8,11-12,20H2,1H3. The summed E-state index contributed by atoms with van der Waals surface area (Å²) in [6.45, 7) is 1.49. The molecule has 4 heteroatoms. The Labute approximate surface area is 141 Å². The lowest BCUT2D eigenvalue weighted by Crippen LogP contribution is -2.37. The van der Waals surface area contributed by atoms with Crippen molar-refractivity contribution in [1.29, 1.82) is 0 Å². The molecule has 0 radical (unpaired) electrons. The molecule has 0 aromatic heterocycles. The zero-order chi connectivity index (χ0) is 15.6. The van der Waals surface area contributed by atoms with E-state index in [0.717, 1.165) is 41.3 Å². The minimum atomic E-state index is 0.0827. The summed E-state index contributed by atoms with van der Waals surface area (Å²) in [7, 11) is 1.72. The molecule has 2 saturated carbocycles. The fraction of sp³-hybridized carbons (Fsp3) is 0.667. The van der Waals surface area contributed by atoms with Crippen LogP contribution in [-0.2, 0) is 5.41 Å². The summed E-state index contributed by atoms with van der Waals surface area (Å²) in [5.74, 6) is 2.40. The van der Waals surface area contributed by atoms with Crippen molar-refractivity contribution in [1.82, 2.24) is 0 Å². The van der Waals surface area contributed by atoms with Gasteiger partial charge >= 0.3 is 0 Å². The molecule has 0 atom stereocenters. The smallest absolute Gasteiger partial charge is 0.162 e. The fourth-order valence-corrected chi connectivity index (χ4v) is 4.26. The Morgan fingerprint density at radius 3 is 2.50 bits per heavy atom. The molecule has 0 unspecified atom stereocenters. The van der Waals surface area contributed by atoms with Gasteiger partial charge in [0, 0.05) is 16.4 Å². The second-order valence-electron chi connectivity index (χ2n) is 6.78. The molecule has 1 aromatic carbocycles. The molecule has 122 valence electrons. The monoisotopic (exact) mass is 367 g/mol. The van der Waals surface area contributed by atoms with Gasteiger partial charge < -0.3 is 15.2 Å². The minimum absolute atomic E-state index is 0.0827. The van der Waals surface area contributed by atoms with Gasteiger partial charge in [-0.2, -0.15) is 0 Å². The largest absolute Gasteiger partial charge is 0.493 e.